The first-order chi connectivity index (χ1) is 7.24. The summed E-state index contributed by atoms with van der Waals surface area (Å²) in [7, 11) is 0. The molecule has 0 heterocycles. The Kier molecular flexibility index (Phi) is 5.26. The van der Waals surface area contributed by atoms with Crippen molar-refractivity contribution in [3.63, 3.8) is 0 Å². The van der Waals surface area contributed by atoms with E-state index in [1.54, 1.807) is 6.07 Å². The van der Waals surface area contributed by atoms with Gasteiger partial charge in [0.2, 0.25) is 0 Å². The first-order valence-corrected chi connectivity index (χ1v) is 5.38. The molecular weight excluding hydrogens is 196 g/mol. The van der Waals surface area contributed by atoms with Gasteiger partial charge in [-0.2, -0.15) is 0 Å². The zero-order chi connectivity index (χ0) is 11.1. The van der Waals surface area contributed by atoms with Crippen molar-refractivity contribution in [1.82, 2.24) is 0 Å². The molecule has 0 bridgehead atoms. The number of hydrogen-bond acceptors (Lipinski definition) is 1. The number of halogens is 2. The van der Waals surface area contributed by atoms with E-state index in [1.165, 1.54) is 12.1 Å². The van der Waals surface area contributed by atoms with Crippen LogP contribution in [0.2, 0.25) is 0 Å². The fourth-order valence-electron chi connectivity index (χ4n) is 1.52. The van der Waals surface area contributed by atoms with E-state index in [1.807, 2.05) is 0 Å². The lowest BCUT2D eigenvalue weighted by molar-refractivity contribution is 0.506. The molecule has 1 aromatic rings. The molecule has 0 atom stereocenters. The molecule has 0 aliphatic rings. The van der Waals surface area contributed by atoms with Crippen LogP contribution in [0.4, 0.5) is 8.78 Å². The summed E-state index contributed by atoms with van der Waals surface area (Å²) in [6.07, 6.45) is 5.06. The van der Waals surface area contributed by atoms with Crippen LogP contribution in [0.25, 0.3) is 0 Å². The first-order valence-electron chi connectivity index (χ1n) is 5.38. The summed E-state index contributed by atoms with van der Waals surface area (Å²) in [5.41, 5.74) is 6.23. The van der Waals surface area contributed by atoms with E-state index < -0.39 is 11.6 Å². The van der Waals surface area contributed by atoms with Crippen LogP contribution < -0.4 is 5.73 Å². The van der Waals surface area contributed by atoms with Crippen LogP contribution in [0.15, 0.2) is 18.2 Å². The molecule has 84 valence electrons. The van der Waals surface area contributed by atoms with Gasteiger partial charge in [0.25, 0.3) is 0 Å². The third-order valence-electron chi connectivity index (χ3n) is 2.40. The highest BCUT2D eigenvalue weighted by molar-refractivity contribution is 5.17. The van der Waals surface area contributed by atoms with Gasteiger partial charge in [0.1, 0.15) is 0 Å². The quantitative estimate of drug-likeness (QED) is 0.722. The number of unbranched alkanes of at least 4 members (excludes halogenated alkanes) is 3. The van der Waals surface area contributed by atoms with E-state index in [0.29, 0.717) is 0 Å². The van der Waals surface area contributed by atoms with Crippen molar-refractivity contribution in [1.29, 1.82) is 0 Å². The van der Waals surface area contributed by atoms with Crippen LogP contribution in [0.5, 0.6) is 0 Å². The van der Waals surface area contributed by atoms with Crippen molar-refractivity contribution in [2.24, 2.45) is 5.73 Å². The maximum Gasteiger partial charge on any atom is 0.159 e. The number of benzene rings is 1. The summed E-state index contributed by atoms with van der Waals surface area (Å²) in [5, 5.41) is 0. The van der Waals surface area contributed by atoms with E-state index in [0.717, 1.165) is 44.2 Å². The van der Waals surface area contributed by atoms with Gasteiger partial charge in [0, 0.05) is 0 Å². The Bertz CT molecular complexity index is 300. The second-order valence-corrected chi connectivity index (χ2v) is 3.70. The Morgan fingerprint density at radius 1 is 0.933 bits per heavy atom. The minimum absolute atomic E-state index is 0.727. The molecule has 0 saturated heterocycles. The van der Waals surface area contributed by atoms with E-state index in [4.69, 9.17) is 5.73 Å². The van der Waals surface area contributed by atoms with Gasteiger partial charge in [-0.3, -0.25) is 0 Å². The minimum atomic E-state index is -0.776. The fourth-order valence-corrected chi connectivity index (χ4v) is 1.52. The maximum absolute atomic E-state index is 12.8. The predicted octanol–water partition coefficient (Wildman–Crippen LogP) is 3.03. The molecule has 0 amide bonds. The Morgan fingerprint density at radius 2 is 1.67 bits per heavy atom. The second kappa shape index (κ2) is 6.51. The summed E-state index contributed by atoms with van der Waals surface area (Å²) in [5.74, 6) is -1.53. The van der Waals surface area contributed by atoms with Crippen LogP contribution in [-0.4, -0.2) is 6.54 Å². The highest BCUT2D eigenvalue weighted by Gasteiger charge is 2.01. The molecule has 15 heavy (non-hydrogen) atoms. The van der Waals surface area contributed by atoms with Gasteiger partial charge in [-0.15, -0.1) is 0 Å². The van der Waals surface area contributed by atoms with E-state index in [2.05, 4.69) is 0 Å². The number of nitrogens with two attached hydrogens (primary N) is 1. The molecule has 1 rings (SSSR count). The van der Waals surface area contributed by atoms with Crippen molar-refractivity contribution >= 4 is 0 Å². The van der Waals surface area contributed by atoms with E-state index >= 15 is 0 Å². The topological polar surface area (TPSA) is 26.0 Å². The molecule has 0 saturated carbocycles. The molecule has 1 nitrogen and oxygen atoms in total. The zero-order valence-electron chi connectivity index (χ0n) is 8.81. The van der Waals surface area contributed by atoms with Crippen LogP contribution >= 0.6 is 0 Å². The normalized spacial score (nSPS) is 10.6. The Morgan fingerprint density at radius 3 is 2.33 bits per heavy atom. The molecule has 0 fully saturated rings. The van der Waals surface area contributed by atoms with Crippen molar-refractivity contribution in [3.05, 3.63) is 35.4 Å². The van der Waals surface area contributed by atoms with Crippen molar-refractivity contribution in [2.75, 3.05) is 6.54 Å². The number of hydrogen-bond donors (Lipinski definition) is 1. The van der Waals surface area contributed by atoms with Gasteiger partial charge in [-0.05, 0) is 43.5 Å². The van der Waals surface area contributed by atoms with Gasteiger partial charge < -0.3 is 5.73 Å². The van der Waals surface area contributed by atoms with Gasteiger partial charge in [0.05, 0.1) is 0 Å². The minimum Gasteiger partial charge on any atom is -0.330 e. The summed E-state index contributed by atoms with van der Waals surface area (Å²) in [6, 6.07) is 4.10. The Hall–Kier alpha value is -0.960. The van der Waals surface area contributed by atoms with Crippen molar-refractivity contribution < 1.29 is 8.78 Å². The monoisotopic (exact) mass is 213 g/mol. The standard InChI is InChI=1S/C12H17F2N/c13-11-7-6-10(9-12(11)14)5-3-1-2-4-8-15/h6-7,9H,1-5,8,15H2. The largest absolute Gasteiger partial charge is 0.330 e. The molecular formula is C12H17F2N. The summed E-state index contributed by atoms with van der Waals surface area (Å²) in [6.45, 7) is 0.727. The van der Waals surface area contributed by atoms with E-state index in [9.17, 15) is 8.78 Å². The third kappa shape index (κ3) is 4.38. The zero-order valence-corrected chi connectivity index (χ0v) is 8.81. The highest BCUT2D eigenvalue weighted by Crippen LogP contribution is 2.12. The Labute approximate surface area is 89.3 Å². The second-order valence-electron chi connectivity index (χ2n) is 3.70. The number of aryl methyl sites for hydroxylation is 1. The van der Waals surface area contributed by atoms with Crippen LogP contribution in [0.3, 0.4) is 0 Å². The first kappa shape index (κ1) is 12.1. The predicted molar refractivity (Wildman–Crippen MR) is 57.6 cm³/mol. The SMILES string of the molecule is NCCCCCCc1ccc(F)c(F)c1. The smallest absolute Gasteiger partial charge is 0.159 e. The van der Waals surface area contributed by atoms with Gasteiger partial charge in [0.15, 0.2) is 11.6 Å². The average Bonchev–Trinajstić information content (AvgIpc) is 2.23. The molecule has 0 aliphatic heterocycles. The molecule has 0 radical (unpaired) electrons. The summed E-state index contributed by atoms with van der Waals surface area (Å²) < 4.78 is 25.4. The maximum atomic E-state index is 12.8. The van der Waals surface area contributed by atoms with Crippen LogP contribution in [-0.2, 0) is 6.42 Å². The lowest BCUT2D eigenvalue weighted by Gasteiger charge is -2.02. The fraction of sp³-hybridized carbons (Fsp3) is 0.500. The highest BCUT2D eigenvalue weighted by atomic mass is 19.2. The molecule has 0 unspecified atom stereocenters. The third-order valence-corrected chi connectivity index (χ3v) is 2.40. The molecule has 2 N–H and O–H groups in total. The average molecular weight is 213 g/mol. The van der Waals surface area contributed by atoms with Crippen molar-refractivity contribution in [2.45, 2.75) is 32.1 Å². The van der Waals surface area contributed by atoms with Gasteiger partial charge in [-0.25, -0.2) is 8.78 Å². The van der Waals surface area contributed by atoms with Crippen molar-refractivity contribution in [3.8, 4) is 0 Å². The summed E-state index contributed by atoms with van der Waals surface area (Å²) >= 11 is 0. The molecule has 3 heteroatoms. The van der Waals surface area contributed by atoms with Crippen LogP contribution in [0, 0.1) is 11.6 Å². The van der Waals surface area contributed by atoms with Gasteiger partial charge in [-0.1, -0.05) is 18.9 Å². The molecule has 0 aromatic heterocycles. The van der Waals surface area contributed by atoms with E-state index in [-0.39, 0.29) is 0 Å². The lowest BCUT2D eigenvalue weighted by atomic mass is 10.1. The Balaban J connectivity index is 2.28. The van der Waals surface area contributed by atoms with Gasteiger partial charge >= 0.3 is 0 Å². The number of rotatable bonds is 6. The molecule has 0 aliphatic carbocycles. The van der Waals surface area contributed by atoms with Crippen LogP contribution in [0.1, 0.15) is 31.2 Å². The molecule has 1 aromatic carbocycles. The lowest BCUT2D eigenvalue weighted by Crippen LogP contribution is -1.98. The molecule has 0 spiro atoms. The summed E-state index contributed by atoms with van der Waals surface area (Å²) in [4.78, 5) is 0.